The van der Waals surface area contributed by atoms with Crippen molar-refractivity contribution in [1.82, 2.24) is 5.32 Å². The summed E-state index contributed by atoms with van der Waals surface area (Å²) in [6, 6.07) is 12.4. The number of hydrogen-bond acceptors (Lipinski definition) is 1. The number of benzene rings is 2. The Balaban J connectivity index is 1.87. The van der Waals surface area contributed by atoms with E-state index in [9.17, 15) is 18.0 Å². The maximum atomic E-state index is 12.4. The van der Waals surface area contributed by atoms with Crippen LogP contribution in [0.3, 0.4) is 0 Å². The third kappa shape index (κ3) is 4.62. The predicted octanol–water partition coefficient (Wildman–Crippen LogP) is 3.87. The van der Waals surface area contributed by atoms with Gasteiger partial charge in [-0.15, -0.1) is 0 Å². The SMILES string of the molecule is Cc1ccc(CC(=O)NCc2ccc(C(F)(F)F)cc2)cc1. The van der Waals surface area contributed by atoms with Gasteiger partial charge in [0.25, 0.3) is 0 Å². The quantitative estimate of drug-likeness (QED) is 0.912. The molecule has 1 N–H and O–H groups in total. The van der Waals surface area contributed by atoms with Crippen molar-refractivity contribution < 1.29 is 18.0 Å². The van der Waals surface area contributed by atoms with Crippen LogP contribution in [0.1, 0.15) is 22.3 Å². The average molecular weight is 307 g/mol. The van der Waals surface area contributed by atoms with E-state index in [-0.39, 0.29) is 18.9 Å². The number of rotatable bonds is 4. The number of carbonyl (C=O) groups excluding carboxylic acids is 1. The molecular formula is C17H16F3NO. The van der Waals surface area contributed by atoms with Crippen molar-refractivity contribution in [3.63, 3.8) is 0 Å². The maximum absolute atomic E-state index is 12.4. The molecule has 2 aromatic carbocycles. The third-order valence-electron chi connectivity index (χ3n) is 3.26. The summed E-state index contributed by atoms with van der Waals surface area (Å²) in [6.45, 7) is 2.18. The van der Waals surface area contributed by atoms with Gasteiger partial charge in [-0.25, -0.2) is 0 Å². The highest BCUT2D eigenvalue weighted by Gasteiger charge is 2.29. The molecule has 0 aromatic heterocycles. The van der Waals surface area contributed by atoms with Crippen LogP contribution in [-0.2, 0) is 23.9 Å². The molecule has 0 saturated heterocycles. The molecule has 5 heteroatoms. The number of alkyl halides is 3. The van der Waals surface area contributed by atoms with E-state index in [1.54, 1.807) is 0 Å². The molecule has 2 aromatic rings. The maximum Gasteiger partial charge on any atom is 0.416 e. The van der Waals surface area contributed by atoms with Crippen LogP contribution >= 0.6 is 0 Å². The molecule has 22 heavy (non-hydrogen) atoms. The van der Waals surface area contributed by atoms with E-state index in [1.807, 2.05) is 31.2 Å². The predicted molar refractivity (Wildman–Crippen MR) is 78.2 cm³/mol. The molecule has 0 fully saturated rings. The fourth-order valence-corrected chi connectivity index (χ4v) is 1.97. The van der Waals surface area contributed by atoms with Gasteiger partial charge in [-0.3, -0.25) is 4.79 Å². The summed E-state index contributed by atoms with van der Waals surface area (Å²) in [4.78, 5) is 11.8. The molecule has 0 saturated carbocycles. The molecule has 2 rings (SSSR count). The highest BCUT2D eigenvalue weighted by molar-refractivity contribution is 5.78. The molecule has 0 atom stereocenters. The minimum Gasteiger partial charge on any atom is -0.352 e. The molecule has 0 heterocycles. The summed E-state index contributed by atoms with van der Waals surface area (Å²) < 4.78 is 37.3. The Morgan fingerprint density at radius 1 is 0.955 bits per heavy atom. The number of hydrogen-bond donors (Lipinski definition) is 1. The Kier molecular flexibility index (Phi) is 4.85. The van der Waals surface area contributed by atoms with Gasteiger partial charge in [0.05, 0.1) is 12.0 Å². The standard InChI is InChI=1S/C17H16F3NO/c1-12-2-4-13(5-3-12)10-16(22)21-11-14-6-8-15(9-7-14)17(18,19)20/h2-9H,10-11H2,1H3,(H,21,22). The normalized spacial score (nSPS) is 11.3. The lowest BCUT2D eigenvalue weighted by atomic mass is 10.1. The molecular weight excluding hydrogens is 291 g/mol. The molecule has 0 bridgehead atoms. The highest BCUT2D eigenvalue weighted by atomic mass is 19.4. The van der Waals surface area contributed by atoms with Crippen molar-refractivity contribution in [2.45, 2.75) is 26.1 Å². The van der Waals surface area contributed by atoms with Gasteiger partial charge in [0.1, 0.15) is 0 Å². The van der Waals surface area contributed by atoms with Gasteiger partial charge in [0.2, 0.25) is 5.91 Å². The van der Waals surface area contributed by atoms with E-state index < -0.39 is 11.7 Å². The van der Waals surface area contributed by atoms with Crippen LogP contribution in [0.5, 0.6) is 0 Å². The first-order chi connectivity index (χ1) is 10.3. The van der Waals surface area contributed by atoms with Gasteiger partial charge in [0, 0.05) is 6.54 Å². The van der Waals surface area contributed by atoms with Crippen molar-refractivity contribution in [1.29, 1.82) is 0 Å². The van der Waals surface area contributed by atoms with E-state index in [2.05, 4.69) is 5.32 Å². The van der Waals surface area contributed by atoms with Gasteiger partial charge in [0.15, 0.2) is 0 Å². The zero-order valence-electron chi connectivity index (χ0n) is 12.1. The zero-order chi connectivity index (χ0) is 16.2. The van der Waals surface area contributed by atoms with Crippen molar-refractivity contribution in [2.75, 3.05) is 0 Å². The fourth-order valence-electron chi connectivity index (χ4n) is 1.97. The van der Waals surface area contributed by atoms with Gasteiger partial charge in [-0.05, 0) is 30.2 Å². The zero-order valence-corrected chi connectivity index (χ0v) is 12.1. The fraction of sp³-hybridized carbons (Fsp3) is 0.235. The van der Waals surface area contributed by atoms with Gasteiger partial charge < -0.3 is 5.32 Å². The molecule has 0 spiro atoms. The lowest BCUT2D eigenvalue weighted by Crippen LogP contribution is -2.24. The Labute approximate surface area is 127 Å². The number of aryl methyl sites for hydroxylation is 1. The van der Waals surface area contributed by atoms with Gasteiger partial charge >= 0.3 is 6.18 Å². The molecule has 1 amide bonds. The van der Waals surface area contributed by atoms with Crippen LogP contribution in [0.25, 0.3) is 0 Å². The largest absolute Gasteiger partial charge is 0.416 e. The van der Waals surface area contributed by atoms with Crippen LogP contribution in [0.2, 0.25) is 0 Å². The molecule has 0 radical (unpaired) electrons. The van der Waals surface area contributed by atoms with Crippen molar-refractivity contribution in [2.24, 2.45) is 0 Å². The average Bonchev–Trinajstić information content (AvgIpc) is 2.47. The second-order valence-electron chi connectivity index (χ2n) is 5.13. The van der Waals surface area contributed by atoms with Crippen LogP contribution < -0.4 is 5.32 Å². The minimum atomic E-state index is -4.34. The Morgan fingerprint density at radius 3 is 2.05 bits per heavy atom. The van der Waals surface area contributed by atoms with E-state index in [0.29, 0.717) is 5.56 Å². The first kappa shape index (κ1) is 16.1. The highest BCUT2D eigenvalue weighted by Crippen LogP contribution is 2.29. The van der Waals surface area contributed by atoms with E-state index in [0.717, 1.165) is 23.3 Å². The van der Waals surface area contributed by atoms with Crippen molar-refractivity contribution >= 4 is 5.91 Å². The van der Waals surface area contributed by atoms with Gasteiger partial charge in [-0.1, -0.05) is 42.0 Å². The Morgan fingerprint density at radius 2 is 1.50 bits per heavy atom. The molecule has 0 aliphatic carbocycles. The number of nitrogens with one attached hydrogen (secondary N) is 1. The Hall–Kier alpha value is -2.30. The monoisotopic (exact) mass is 307 g/mol. The minimum absolute atomic E-state index is 0.163. The lowest BCUT2D eigenvalue weighted by molar-refractivity contribution is -0.137. The van der Waals surface area contributed by atoms with Crippen LogP contribution in [0, 0.1) is 6.92 Å². The molecule has 0 aliphatic heterocycles. The van der Waals surface area contributed by atoms with Crippen molar-refractivity contribution in [3.05, 3.63) is 70.8 Å². The topological polar surface area (TPSA) is 29.1 Å². The smallest absolute Gasteiger partial charge is 0.352 e. The van der Waals surface area contributed by atoms with Crippen LogP contribution in [0.15, 0.2) is 48.5 Å². The summed E-state index contributed by atoms with van der Waals surface area (Å²) in [5.74, 6) is -0.163. The lowest BCUT2D eigenvalue weighted by Gasteiger charge is -2.09. The molecule has 116 valence electrons. The van der Waals surface area contributed by atoms with E-state index in [1.165, 1.54) is 12.1 Å². The second-order valence-corrected chi connectivity index (χ2v) is 5.13. The Bertz CT molecular complexity index is 630. The van der Waals surface area contributed by atoms with Crippen molar-refractivity contribution in [3.8, 4) is 0 Å². The molecule has 0 unspecified atom stereocenters. The summed E-state index contributed by atoms with van der Waals surface area (Å²) in [6.07, 6.45) is -4.09. The van der Waals surface area contributed by atoms with Crippen LogP contribution in [0.4, 0.5) is 13.2 Å². The number of carbonyl (C=O) groups is 1. The number of amides is 1. The number of halogens is 3. The third-order valence-corrected chi connectivity index (χ3v) is 3.26. The van der Waals surface area contributed by atoms with E-state index >= 15 is 0 Å². The molecule has 0 aliphatic rings. The summed E-state index contributed by atoms with van der Waals surface area (Å²) in [7, 11) is 0. The van der Waals surface area contributed by atoms with Crippen LogP contribution in [-0.4, -0.2) is 5.91 Å². The summed E-state index contributed by atoms with van der Waals surface area (Å²) in [5.41, 5.74) is 1.96. The summed E-state index contributed by atoms with van der Waals surface area (Å²) in [5, 5.41) is 2.70. The second kappa shape index (κ2) is 6.64. The molecule has 2 nitrogen and oxygen atoms in total. The summed E-state index contributed by atoms with van der Waals surface area (Å²) >= 11 is 0. The first-order valence-corrected chi connectivity index (χ1v) is 6.83. The van der Waals surface area contributed by atoms with Gasteiger partial charge in [-0.2, -0.15) is 13.2 Å². The van der Waals surface area contributed by atoms with E-state index in [4.69, 9.17) is 0 Å². The first-order valence-electron chi connectivity index (χ1n) is 6.83.